The van der Waals surface area contributed by atoms with Crippen LogP contribution in [0.4, 0.5) is 0 Å². The van der Waals surface area contributed by atoms with Gasteiger partial charge < -0.3 is 4.74 Å². The van der Waals surface area contributed by atoms with Crippen LogP contribution in [0.2, 0.25) is 0 Å². The lowest BCUT2D eigenvalue weighted by atomic mass is 9.99. The summed E-state index contributed by atoms with van der Waals surface area (Å²) in [6.07, 6.45) is 1.52. The van der Waals surface area contributed by atoms with E-state index in [0.717, 1.165) is 0 Å². The zero-order chi connectivity index (χ0) is 8.85. The van der Waals surface area contributed by atoms with Crippen LogP contribution in [0.25, 0.3) is 0 Å². The summed E-state index contributed by atoms with van der Waals surface area (Å²) in [7, 11) is 0. The molecule has 2 radical (unpaired) electrons. The smallest absolute Gasteiger partial charge is 0.309 e. The van der Waals surface area contributed by atoms with Crippen LogP contribution in [0.1, 0.15) is 13.8 Å². The van der Waals surface area contributed by atoms with Crippen LogP contribution in [0.3, 0.4) is 0 Å². The largest absolute Gasteiger partial charge is 0.461 e. The molecule has 0 aromatic heterocycles. The van der Waals surface area contributed by atoms with E-state index in [0.29, 0.717) is 0 Å². The summed E-state index contributed by atoms with van der Waals surface area (Å²) in [5.74, 6) is -0.762. The van der Waals surface area contributed by atoms with Crippen LogP contribution in [-0.2, 0) is 9.53 Å². The van der Waals surface area contributed by atoms with Gasteiger partial charge in [-0.3, -0.25) is 4.79 Å². The Labute approximate surface area is 68.2 Å². The predicted octanol–water partition coefficient (Wildman–Crippen LogP) is 1.70. The molecule has 62 valence electrons. The van der Waals surface area contributed by atoms with Crippen LogP contribution >= 0.6 is 0 Å². The first-order chi connectivity index (χ1) is 5.09. The summed E-state index contributed by atoms with van der Waals surface area (Å²) in [5, 5.41) is 0. The van der Waals surface area contributed by atoms with E-state index in [2.05, 4.69) is 6.58 Å². The van der Waals surface area contributed by atoms with Gasteiger partial charge in [0.15, 0.2) is 0 Å². The molecule has 0 fully saturated rings. The Bertz CT molecular complexity index is 138. The van der Waals surface area contributed by atoms with Crippen molar-refractivity contribution in [2.24, 2.45) is 11.8 Å². The Kier molecular flexibility index (Phi) is 4.59. The number of hydrogen-bond acceptors (Lipinski definition) is 2. The van der Waals surface area contributed by atoms with Crippen molar-refractivity contribution in [2.45, 2.75) is 13.8 Å². The zero-order valence-corrected chi connectivity index (χ0v) is 7.04. The number of rotatable bonds is 4. The van der Waals surface area contributed by atoms with Gasteiger partial charge in [0.05, 0.1) is 5.92 Å². The molecule has 0 saturated carbocycles. The van der Waals surface area contributed by atoms with Gasteiger partial charge in [-0.25, -0.2) is 0 Å². The van der Waals surface area contributed by atoms with Crippen molar-refractivity contribution in [1.29, 1.82) is 0 Å². The predicted molar refractivity (Wildman–Crippen MR) is 43.8 cm³/mol. The van der Waals surface area contributed by atoms with Crippen LogP contribution in [0, 0.1) is 18.8 Å². The molecule has 0 rings (SSSR count). The SMILES string of the molecule is [CH][C@H](C(=O)OCC=C)C(C)C. The highest BCUT2D eigenvalue weighted by Crippen LogP contribution is 2.10. The van der Waals surface area contributed by atoms with Crippen molar-refractivity contribution in [3.8, 4) is 0 Å². The van der Waals surface area contributed by atoms with E-state index >= 15 is 0 Å². The first kappa shape index (κ1) is 10.2. The third kappa shape index (κ3) is 3.81. The molecule has 0 aromatic carbocycles. The van der Waals surface area contributed by atoms with E-state index in [1.165, 1.54) is 6.08 Å². The summed E-state index contributed by atoms with van der Waals surface area (Å²) in [6, 6.07) is 0. The fraction of sp³-hybridized carbons (Fsp3) is 0.556. The molecule has 0 amide bonds. The lowest BCUT2D eigenvalue weighted by Gasteiger charge is -2.12. The van der Waals surface area contributed by atoms with Crippen molar-refractivity contribution in [3.05, 3.63) is 19.6 Å². The van der Waals surface area contributed by atoms with Gasteiger partial charge in [-0.15, -0.1) is 0 Å². The lowest BCUT2D eigenvalue weighted by molar-refractivity contribution is -0.146. The van der Waals surface area contributed by atoms with Gasteiger partial charge in [-0.05, 0) is 12.8 Å². The van der Waals surface area contributed by atoms with Crippen molar-refractivity contribution >= 4 is 5.97 Å². The Balaban J connectivity index is 3.73. The minimum Gasteiger partial charge on any atom is -0.461 e. The second-order valence-electron chi connectivity index (χ2n) is 2.69. The standard InChI is InChI=1S/C9H14O2/c1-5-6-11-9(10)8(4)7(2)3/h4-5,7-8H,1,6H2,2-3H3/t8-/m0/s1. The molecule has 0 N–H and O–H groups in total. The monoisotopic (exact) mass is 154 g/mol. The molecule has 0 aliphatic carbocycles. The Morgan fingerprint density at radius 3 is 2.64 bits per heavy atom. The van der Waals surface area contributed by atoms with E-state index in [1.54, 1.807) is 0 Å². The second kappa shape index (κ2) is 4.94. The number of esters is 1. The van der Waals surface area contributed by atoms with Gasteiger partial charge >= 0.3 is 5.97 Å². The summed E-state index contributed by atoms with van der Waals surface area (Å²) >= 11 is 0. The van der Waals surface area contributed by atoms with Crippen molar-refractivity contribution < 1.29 is 9.53 Å². The molecule has 1 atom stereocenters. The molecule has 0 aliphatic heterocycles. The molecule has 0 aliphatic rings. The second-order valence-corrected chi connectivity index (χ2v) is 2.69. The van der Waals surface area contributed by atoms with E-state index in [4.69, 9.17) is 11.7 Å². The highest BCUT2D eigenvalue weighted by molar-refractivity contribution is 5.73. The summed E-state index contributed by atoms with van der Waals surface area (Å²) < 4.78 is 4.73. The third-order valence-electron chi connectivity index (χ3n) is 1.33. The zero-order valence-electron chi connectivity index (χ0n) is 7.04. The number of carbonyl (C=O) groups is 1. The average molecular weight is 154 g/mol. The molecular formula is C9H14O2. The Morgan fingerprint density at radius 2 is 2.27 bits per heavy atom. The summed E-state index contributed by atoms with van der Waals surface area (Å²) in [4.78, 5) is 10.9. The molecule has 2 heteroatoms. The molecular weight excluding hydrogens is 140 g/mol. The molecule has 0 aromatic rings. The molecule has 11 heavy (non-hydrogen) atoms. The first-order valence-electron chi connectivity index (χ1n) is 3.62. The highest BCUT2D eigenvalue weighted by Gasteiger charge is 2.17. The normalized spacial score (nSPS) is 12.7. The van der Waals surface area contributed by atoms with Gasteiger partial charge in [0, 0.05) is 0 Å². The molecule has 0 saturated heterocycles. The molecule has 2 nitrogen and oxygen atoms in total. The average Bonchev–Trinajstić information content (AvgIpc) is 1.98. The van der Waals surface area contributed by atoms with Gasteiger partial charge in [0.2, 0.25) is 0 Å². The van der Waals surface area contributed by atoms with E-state index in [9.17, 15) is 4.79 Å². The minimum absolute atomic E-state index is 0.118. The maximum atomic E-state index is 10.9. The fourth-order valence-electron chi connectivity index (χ4n) is 0.509. The van der Waals surface area contributed by atoms with E-state index in [1.807, 2.05) is 13.8 Å². The molecule has 0 unspecified atom stereocenters. The number of carbonyl (C=O) groups excluding carboxylic acids is 1. The third-order valence-corrected chi connectivity index (χ3v) is 1.33. The van der Waals surface area contributed by atoms with Crippen LogP contribution in [0.15, 0.2) is 12.7 Å². The molecule has 0 spiro atoms. The van der Waals surface area contributed by atoms with Crippen LogP contribution in [-0.4, -0.2) is 12.6 Å². The van der Waals surface area contributed by atoms with Crippen molar-refractivity contribution in [2.75, 3.05) is 6.61 Å². The Hall–Kier alpha value is -0.790. The van der Waals surface area contributed by atoms with E-state index in [-0.39, 0.29) is 18.5 Å². The minimum atomic E-state index is -0.519. The Morgan fingerprint density at radius 1 is 1.73 bits per heavy atom. The summed E-state index contributed by atoms with van der Waals surface area (Å²) in [5.41, 5.74) is 0. The topological polar surface area (TPSA) is 26.3 Å². The number of ether oxygens (including phenoxy) is 1. The van der Waals surface area contributed by atoms with Crippen LogP contribution < -0.4 is 0 Å². The van der Waals surface area contributed by atoms with Gasteiger partial charge in [-0.1, -0.05) is 26.5 Å². The van der Waals surface area contributed by atoms with Crippen LogP contribution in [0.5, 0.6) is 0 Å². The molecule has 0 heterocycles. The van der Waals surface area contributed by atoms with Gasteiger partial charge in [0.1, 0.15) is 6.61 Å². The fourth-order valence-corrected chi connectivity index (χ4v) is 0.509. The van der Waals surface area contributed by atoms with Gasteiger partial charge in [0.25, 0.3) is 0 Å². The lowest BCUT2D eigenvalue weighted by Crippen LogP contribution is -2.19. The van der Waals surface area contributed by atoms with Gasteiger partial charge in [-0.2, -0.15) is 0 Å². The maximum Gasteiger partial charge on any atom is 0.309 e. The van der Waals surface area contributed by atoms with Crippen molar-refractivity contribution in [3.63, 3.8) is 0 Å². The first-order valence-corrected chi connectivity index (χ1v) is 3.62. The van der Waals surface area contributed by atoms with E-state index < -0.39 is 5.92 Å². The number of hydrogen-bond donors (Lipinski definition) is 0. The quantitative estimate of drug-likeness (QED) is 0.455. The highest BCUT2D eigenvalue weighted by atomic mass is 16.5. The maximum absolute atomic E-state index is 10.9. The summed E-state index contributed by atoms with van der Waals surface area (Å²) in [6.45, 7) is 12.9. The molecule has 0 bridgehead atoms. The van der Waals surface area contributed by atoms with Crippen molar-refractivity contribution in [1.82, 2.24) is 0 Å².